The maximum absolute atomic E-state index is 12.3. The summed E-state index contributed by atoms with van der Waals surface area (Å²) < 4.78 is 29.8. The highest BCUT2D eigenvalue weighted by Crippen LogP contribution is 2.24. The lowest BCUT2D eigenvalue weighted by Gasteiger charge is -2.08. The van der Waals surface area contributed by atoms with Crippen molar-refractivity contribution in [3.8, 4) is 5.75 Å². The zero-order valence-corrected chi connectivity index (χ0v) is 12.8. The van der Waals surface area contributed by atoms with Crippen molar-refractivity contribution < 1.29 is 12.6 Å². The number of nitrogens with one attached hydrogen (secondary N) is 1. The van der Waals surface area contributed by atoms with Gasteiger partial charge in [0.2, 0.25) is 0 Å². The molecule has 0 unspecified atom stereocenters. The number of fused-ring (bicyclic) bond motifs is 1. The van der Waals surface area contributed by atoms with Gasteiger partial charge >= 0.3 is 10.1 Å². The second kappa shape index (κ2) is 5.69. The highest BCUT2D eigenvalue weighted by molar-refractivity contribution is 7.87. The number of hydrogen-bond acceptors (Lipinski definition) is 4. The van der Waals surface area contributed by atoms with E-state index in [1.807, 2.05) is 25.2 Å². The van der Waals surface area contributed by atoms with E-state index in [0.717, 1.165) is 16.5 Å². The van der Waals surface area contributed by atoms with Gasteiger partial charge in [0.25, 0.3) is 0 Å². The molecule has 0 bridgehead atoms. The van der Waals surface area contributed by atoms with Crippen LogP contribution < -0.4 is 9.50 Å². The predicted octanol–water partition coefficient (Wildman–Crippen LogP) is 3.65. The van der Waals surface area contributed by atoms with Crippen molar-refractivity contribution in [1.82, 2.24) is 0 Å². The molecule has 0 spiro atoms. The van der Waals surface area contributed by atoms with Gasteiger partial charge in [-0.15, -0.1) is 0 Å². The third-order valence-electron chi connectivity index (χ3n) is 3.34. The van der Waals surface area contributed by atoms with Gasteiger partial charge in [0.05, 0.1) is 0 Å². The number of benzene rings is 3. The molecule has 0 atom stereocenters. The fourth-order valence-corrected chi connectivity index (χ4v) is 3.15. The van der Waals surface area contributed by atoms with Crippen LogP contribution in [0.25, 0.3) is 10.8 Å². The van der Waals surface area contributed by atoms with Crippen LogP contribution in [0.15, 0.2) is 71.6 Å². The summed E-state index contributed by atoms with van der Waals surface area (Å²) in [5.41, 5.74) is 0.976. The highest BCUT2D eigenvalue weighted by atomic mass is 32.2. The first-order valence-electron chi connectivity index (χ1n) is 6.79. The normalized spacial score (nSPS) is 11.3. The van der Waals surface area contributed by atoms with E-state index < -0.39 is 10.1 Å². The van der Waals surface area contributed by atoms with Gasteiger partial charge in [0, 0.05) is 12.7 Å². The molecular weight excluding hydrogens is 298 g/mol. The summed E-state index contributed by atoms with van der Waals surface area (Å²) in [6.45, 7) is 0. The zero-order chi connectivity index (χ0) is 15.6. The first kappa shape index (κ1) is 14.4. The minimum Gasteiger partial charge on any atom is -0.388 e. The fraction of sp³-hybridized carbons (Fsp3) is 0.0588. The number of para-hydroxylation sites is 1. The summed E-state index contributed by atoms with van der Waals surface area (Å²) in [5, 5.41) is 4.86. The third kappa shape index (κ3) is 2.89. The van der Waals surface area contributed by atoms with Crippen LogP contribution in [0.2, 0.25) is 0 Å². The molecule has 22 heavy (non-hydrogen) atoms. The SMILES string of the molecule is CNc1ccc2cc(S(=O)(=O)Oc3ccccc3)ccc2c1. The Morgan fingerprint density at radius 1 is 0.864 bits per heavy atom. The quantitative estimate of drug-likeness (QED) is 0.747. The predicted molar refractivity (Wildman–Crippen MR) is 87.8 cm³/mol. The van der Waals surface area contributed by atoms with Gasteiger partial charge in [-0.2, -0.15) is 8.42 Å². The lowest BCUT2D eigenvalue weighted by Crippen LogP contribution is -2.09. The first-order valence-corrected chi connectivity index (χ1v) is 8.20. The molecule has 0 radical (unpaired) electrons. The van der Waals surface area contributed by atoms with Crippen molar-refractivity contribution in [2.45, 2.75) is 4.90 Å². The molecule has 0 heterocycles. The van der Waals surface area contributed by atoms with Crippen LogP contribution in [-0.2, 0) is 10.1 Å². The Morgan fingerprint density at radius 2 is 1.55 bits per heavy atom. The standard InChI is InChI=1S/C17H15NO3S/c1-18-15-9-7-14-12-17(10-8-13(14)11-15)22(19,20)21-16-5-3-2-4-6-16/h2-12,18H,1H3. The number of anilines is 1. The molecule has 5 heteroatoms. The Bertz CT molecular complexity index is 906. The smallest absolute Gasteiger partial charge is 0.339 e. The van der Waals surface area contributed by atoms with Crippen molar-refractivity contribution in [2.24, 2.45) is 0 Å². The van der Waals surface area contributed by atoms with Crippen LogP contribution in [0.3, 0.4) is 0 Å². The van der Waals surface area contributed by atoms with Gasteiger partial charge in [0.15, 0.2) is 0 Å². The van der Waals surface area contributed by atoms with Gasteiger partial charge < -0.3 is 9.50 Å². The van der Waals surface area contributed by atoms with Crippen molar-refractivity contribution in [2.75, 3.05) is 12.4 Å². The zero-order valence-electron chi connectivity index (χ0n) is 12.0. The summed E-state index contributed by atoms with van der Waals surface area (Å²) in [6, 6.07) is 19.2. The van der Waals surface area contributed by atoms with Crippen LogP contribution in [0.4, 0.5) is 5.69 Å². The monoisotopic (exact) mass is 313 g/mol. The molecule has 0 aliphatic heterocycles. The molecule has 0 aliphatic rings. The van der Waals surface area contributed by atoms with Crippen molar-refractivity contribution in [3.63, 3.8) is 0 Å². The first-order chi connectivity index (χ1) is 10.6. The van der Waals surface area contributed by atoms with Crippen molar-refractivity contribution >= 4 is 26.6 Å². The van der Waals surface area contributed by atoms with Crippen molar-refractivity contribution in [3.05, 3.63) is 66.7 Å². The Labute approximate surface area is 129 Å². The molecule has 3 rings (SSSR count). The topological polar surface area (TPSA) is 55.4 Å². The van der Waals surface area contributed by atoms with Crippen molar-refractivity contribution in [1.29, 1.82) is 0 Å². The molecule has 4 nitrogen and oxygen atoms in total. The lowest BCUT2D eigenvalue weighted by molar-refractivity contribution is 0.486. The van der Waals surface area contributed by atoms with Crippen LogP contribution in [-0.4, -0.2) is 15.5 Å². The Morgan fingerprint density at radius 3 is 2.27 bits per heavy atom. The molecule has 1 N–H and O–H groups in total. The fourth-order valence-electron chi connectivity index (χ4n) is 2.19. The minimum absolute atomic E-state index is 0.140. The summed E-state index contributed by atoms with van der Waals surface area (Å²) in [7, 11) is -2.00. The second-order valence-corrected chi connectivity index (χ2v) is 6.37. The van der Waals surface area contributed by atoms with Gasteiger partial charge in [-0.3, -0.25) is 0 Å². The second-order valence-electron chi connectivity index (χ2n) is 4.82. The number of hydrogen-bond donors (Lipinski definition) is 1. The van der Waals surface area contributed by atoms with Gasteiger partial charge in [-0.25, -0.2) is 0 Å². The minimum atomic E-state index is -3.84. The molecule has 0 amide bonds. The van der Waals surface area contributed by atoms with E-state index in [1.165, 1.54) is 0 Å². The Balaban J connectivity index is 1.98. The van der Waals surface area contributed by atoms with E-state index in [-0.39, 0.29) is 4.90 Å². The van der Waals surface area contributed by atoms with E-state index >= 15 is 0 Å². The van der Waals surface area contributed by atoms with E-state index in [4.69, 9.17) is 4.18 Å². The average molecular weight is 313 g/mol. The van der Waals surface area contributed by atoms with E-state index in [0.29, 0.717) is 5.75 Å². The van der Waals surface area contributed by atoms with Crippen LogP contribution in [0.5, 0.6) is 5.75 Å². The van der Waals surface area contributed by atoms with Gasteiger partial charge in [-0.1, -0.05) is 30.3 Å². The maximum Gasteiger partial charge on any atom is 0.339 e. The van der Waals surface area contributed by atoms with Crippen LogP contribution >= 0.6 is 0 Å². The molecule has 0 aliphatic carbocycles. The summed E-state index contributed by atoms with van der Waals surface area (Å²) in [4.78, 5) is 0.140. The average Bonchev–Trinajstić information content (AvgIpc) is 2.54. The summed E-state index contributed by atoms with van der Waals surface area (Å²) >= 11 is 0. The van der Waals surface area contributed by atoms with Crippen LogP contribution in [0, 0.1) is 0 Å². The highest BCUT2D eigenvalue weighted by Gasteiger charge is 2.17. The van der Waals surface area contributed by atoms with E-state index in [9.17, 15) is 8.42 Å². The molecule has 112 valence electrons. The maximum atomic E-state index is 12.3. The van der Waals surface area contributed by atoms with Gasteiger partial charge in [0.1, 0.15) is 10.6 Å². The molecule has 0 fully saturated rings. The molecule has 0 saturated carbocycles. The Kier molecular flexibility index (Phi) is 3.73. The molecule has 3 aromatic rings. The van der Waals surface area contributed by atoms with Gasteiger partial charge in [-0.05, 0) is 47.2 Å². The Hall–Kier alpha value is -2.53. The lowest BCUT2D eigenvalue weighted by atomic mass is 10.1. The molecular formula is C17H15NO3S. The summed E-state index contributed by atoms with van der Waals surface area (Å²) in [5.74, 6) is 0.299. The largest absolute Gasteiger partial charge is 0.388 e. The number of rotatable bonds is 4. The molecule has 0 saturated heterocycles. The van der Waals surface area contributed by atoms with E-state index in [1.54, 1.807) is 48.5 Å². The molecule has 3 aromatic carbocycles. The van der Waals surface area contributed by atoms with E-state index in [2.05, 4.69) is 5.32 Å². The summed E-state index contributed by atoms with van der Waals surface area (Å²) in [6.07, 6.45) is 0. The van der Waals surface area contributed by atoms with Crippen LogP contribution in [0.1, 0.15) is 0 Å². The molecule has 0 aromatic heterocycles. The third-order valence-corrected chi connectivity index (χ3v) is 4.58.